The van der Waals surface area contributed by atoms with Crippen molar-refractivity contribution in [1.82, 2.24) is 0 Å². The highest BCUT2D eigenvalue weighted by Gasteiger charge is 2.58. The topological polar surface area (TPSA) is 46.5 Å². The van der Waals surface area contributed by atoms with Crippen molar-refractivity contribution in [1.29, 1.82) is 0 Å². The van der Waals surface area contributed by atoms with Crippen molar-refractivity contribution < 1.29 is 14.2 Å². The summed E-state index contributed by atoms with van der Waals surface area (Å²) in [7, 11) is 3.79. The van der Waals surface area contributed by atoms with E-state index >= 15 is 0 Å². The number of methoxy groups -OCH3 is 1. The molecule has 0 aromatic heterocycles. The van der Waals surface area contributed by atoms with Crippen molar-refractivity contribution in [3.05, 3.63) is 54.1 Å². The van der Waals surface area contributed by atoms with Crippen LogP contribution in [0.3, 0.4) is 0 Å². The standard InChI is InChI=1S/C27H29N3O3/c1-26(2)21-7-5-6-8-22(21)29(3)27(26)17-28-25-20-15-18(31-4)9-10-19(20)23(16-24(25)33-27)30-11-13-32-14-12-30/h5-10,15-17H,11-14H2,1-4H3. The Bertz CT molecular complexity index is 1280. The van der Waals surface area contributed by atoms with Gasteiger partial charge in [0.25, 0.3) is 0 Å². The summed E-state index contributed by atoms with van der Waals surface area (Å²) in [5.74, 6) is 1.61. The largest absolute Gasteiger partial charge is 0.497 e. The number of nitrogens with zero attached hydrogens (tertiary/aromatic N) is 3. The van der Waals surface area contributed by atoms with Crippen molar-refractivity contribution in [2.24, 2.45) is 4.99 Å². The van der Waals surface area contributed by atoms with Gasteiger partial charge in [-0.1, -0.05) is 18.2 Å². The second-order valence-electron chi connectivity index (χ2n) is 9.51. The van der Waals surface area contributed by atoms with Crippen LogP contribution in [0.1, 0.15) is 19.4 Å². The van der Waals surface area contributed by atoms with Crippen LogP contribution in [0.25, 0.3) is 10.8 Å². The van der Waals surface area contributed by atoms with Crippen molar-refractivity contribution >= 4 is 34.0 Å². The van der Waals surface area contributed by atoms with Gasteiger partial charge in [0.2, 0.25) is 5.72 Å². The second-order valence-corrected chi connectivity index (χ2v) is 9.51. The fourth-order valence-electron chi connectivity index (χ4n) is 5.63. The number of hydrogen-bond acceptors (Lipinski definition) is 6. The Morgan fingerprint density at radius 2 is 1.76 bits per heavy atom. The lowest BCUT2D eigenvalue weighted by Crippen LogP contribution is -2.61. The monoisotopic (exact) mass is 443 g/mol. The summed E-state index contributed by atoms with van der Waals surface area (Å²) in [6, 6.07) is 16.9. The molecule has 1 fully saturated rings. The van der Waals surface area contributed by atoms with Crippen LogP contribution in [0, 0.1) is 0 Å². The summed E-state index contributed by atoms with van der Waals surface area (Å²) in [6.07, 6.45) is 1.99. The van der Waals surface area contributed by atoms with Crippen LogP contribution in [0.5, 0.6) is 11.5 Å². The summed E-state index contributed by atoms with van der Waals surface area (Å²) in [4.78, 5) is 9.66. The summed E-state index contributed by atoms with van der Waals surface area (Å²) >= 11 is 0. The van der Waals surface area contributed by atoms with Crippen molar-refractivity contribution in [3.63, 3.8) is 0 Å². The third-order valence-corrected chi connectivity index (χ3v) is 7.58. The first kappa shape index (κ1) is 20.4. The molecule has 6 rings (SSSR count). The number of ether oxygens (including phenoxy) is 3. The van der Waals surface area contributed by atoms with Crippen LogP contribution in [-0.2, 0) is 10.2 Å². The maximum atomic E-state index is 6.98. The zero-order valence-electron chi connectivity index (χ0n) is 19.6. The Labute approximate surface area is 194 Å². The Hall–Kier alpha value is -3.25. The van der Waals surface area contributed by atoms with E-state index in [0.29, 0.717) is 0 Å². The molecule has 33 heavy (non-hydrogen) atoms. The predicted octanol–water partition coefficient (Wildman–Crippen LogP) is 4.90. The van der Waals surface area contributed by atoms with E-state index in [1.54, 1.807) is 7.11 Å². The molecule has 6 heteroatoms. The van der Waals surface area contributed by atoms with Crippen LogP contribution in [-0.4, -0.2) is 52.4 Å². The smallest absolute Gasteiger partial charge is 0.228 e. The Morgan fingerprint density at radius 3 is 2.52 bits per heavy atom. The molecule has 6 nitrogen and oxygen atoms in total. The summed E-state index contributed by atoms with van der Waals surface area (Å²) in [5, 5.41) is 2.19. The molecular formula is C27H29N3O3. The molecule has 3 aliphatic heterocycles. The molecule has 1 saturated heterocycles. The maximum absolute atomic E-state index is 6.98. The van der Waals surface area contributed by atoms with Crippen molar-refractivity contribution in [3.8, 4) is 11.5 Å². The minimum absolute atomic E-state index is 0.290. The lowest BCUT2D eigenvalue weighted by atomic mass is 9.77. The number of rotatable bonds is 2. The van der Waals surface area contributed by atoms with Gasteiger partial charge in [0.15, 0.2) is 5.75 Å². The number of benzene rings is 3. The van der Waals surface area contributed by atoms with E-state index in [2.05, 4.69) is 73.2 Å². The predicted molar refractivity (Wildman–Crippen MR) is 133 cm³/mol. The van der Waals surface area contributed by atoms with E-state index in [0.717, 1.165) is 59.9 Å². The van der Waals surface area contributed by atoms with Crippen LogP contribution >= 0.6 is 0 Å². The lowest BCUT2D eigenvalue weighted by molar-refractivity contribution is 0.0826. The summed E-state index contributed by atoms with van der Waals surface area (Å²) < 4.78 is 18.1. The third-order valence-electron chi connectivity index (χ3n) is 7.58. The van der Waals surface area contributed by atoms with Gasteiger partial charge in [0.05, 0.1) is 32.0 Å². The van der Waals surface area contributed by atoms with Crippen molar-refractivity contribution in [2.75, 3.05) is 50.3 Å². The van der Waals surface area contributed by atoms with Gasteiger partial charge in [0, 0.05) is 48.4 Å². The normalized spacial score (nSPS) is 22.9. The Morgan fingerprint density at radius 1 is 0.970 bits per heavy atom. The highest BCUT2D eigenvalue weighted by Crippen LogP contribution is 2.55. The SMILES string of the molecule is COc1ccc2c(N3CCOCC3)cc3c(c2c1)N=CC1(O3)N(C)c2ccccc2C1(C)C. The average molecular weight is 444 g/mol. The van der Waals surface area contributed by atoms with Gasteiger partial charge in [-0.2, -0.15) is 0 Å². The molecule has 0 amide bonds. The lowest BCUT2D eigenvalue weighted by Gasteiger charge is -2.45. The molecule has 1 spiro atoms. The van der Waals surface area contributed by atoms with Gasteiger partial charge < -0.3 is 24.0 Å². The molecule has 3 aromatic carbocycles. The van der Waals surface area contributed by atoms with Gasteiger partial charge in [-0.3, -0.25) is 4.99 Å². The number of likely N-dealkylation sites (N-methyl/N-ethyl adjacent to an activating group) is 1. The van der Waals surface area contributed by atoms with Gasteiger partial charge in [-0.05, 0) is 43.7 Å². The molecule has 170 valence electrons. The van der Waals surface area contributed by atoms with E-state index in [1.807, 2.05) is 12.3 Å². The molecule has 0 N–H and O–H groups in total. The van der Waals surface area contributed by atoms with E-state index in [4.69, 9.17) is 19.2 Å². The van der Waals surface area contributed by atoms with E-state index in [-0.39, 0.29) is 5.41 Å². The van der Waals surface area contributed by atoms with Gasteiger partial charge in [0.1, 0.15) is 11.4 Å². The Kier molecular flexibility index (Phi) is 4.40. The minimum atomic E-state index is -0.710. The molecule has 0 saturated carbocycles. The zero-order valence-corrected chi connectivity index (χ0v) is 19.6. The Balaban J connectivity index is 1.55. The summed E-state index contributed by atoms with van der Waals surface area (Å²) in [6.45, 7) is 7.63. The second kappa shape index (κ2) is 7.12. The van der Waals surface area contributed by atoms with Crippen LogP contribution in [0.15, 0.2) is 53.5 Å². The van der Waals surface area contributed by atoms with Gasteiger partial charge in [-0.15, -0.1) is 0 Å². The quantitative estimate of drug-likeness (QED) is 0.564. The highest BCUT2D eigenvalue weighted by atomic mass is 16.5. The minimum Gasteiger partial charge on any atom is -0.497 e. The van der Waals surface area contributed by atoms with Gasteiger partial charge in [-0.25, -0.2) is 0 Å². The van der Waals surface area contributed by atoms with Crippen LogP contribution < -0.4 is 19.3 Å². The van der Waals surface area contributed by atoms with Crippen molar-refractivity contribution in [2.45, 2.75) is 25.0 Å². The van der Waals surface area contributed by atoms with Crippen LogP contribution in [0.4, 0.5) is 17.1 Å². The first-order chi connectivity index (χ1) is 16.0. The number of para-hydroxylation sites is 1. The van der Waals surface area contributed by atoms with E-state index < -0.39 is 5.72 Å². The summed E-state index contributed by atoms with van der Waals surface area (Å²) in [5.41, 5.74) is 3.44. The zero-order chi connectivity index (χ0) is 22.8. The molecule has 0 radical (unpaired) electrons. The molecule has 0 bridgehead atoms. The first-order valence-corrected chi connectivity index (χ1v) is 11.5. The number of anilines is 2. The molecule has 3 aliphatic rings. The molecule has 1 atom stereocenters. The number of fused-ring (bicyclic) bond motifs is 4. The average Bonchev–Trinajstić information content (AvgIpc) is 3.02. The van der Waals surface area contributed by atoms with Crippen LogP contribution in [0.2, 0.25) is 0 Å². The van der Waals surface area contributed by atoms with E-state index in [1.165, 1.54) is 11.3 Å². The fourth-order valence-corrected chi connectivity index (χ4v) is 5.63. The maximum Gasteiger partial charge on any atom is 0.228 e. The molecule has 1 unspecified atom stereocenters. The van der Waals surface area contributed by atoms with Gasteiger partial charge >= 0.3 is 0 Å². The molecule has 0 aliphatic carbocycles. The highest BCUT2D eigenvalue weighted by molar-refractivity contribution is 6.06. The molecular weight excluding hydrogens is 414 g/mol. The number of morpholine rings is 1. The molecule has 3 heterocycles. The molecule has 3 aromatic rings. The fraction of sp³-hybridized carbons (Fsp3) is 0.370. The number of hydrogen-bond donors (Lipinski definition) is 0. The van der Waals surface area contributed by atoms with E-state index in [9.17, 15) is 0 Å². The first-order valence-electron chi connectivity index (χ1n) is 11.5. The number of aliphatic imine (C=N–C) groups is 1. The third kappa shape index (κ3) is 2.73.